The Morgan fingerprint density at radius 3 is 1.76 bits per heavy atom. The van der Waals surface area contributed by atoms with Gasteiger partial charge in [-0.1, -0.05) is 42.5 Å². The second-order valence-corrected chi connectivity index (χ2v) is 5.51. The van der Waals surface area contributed by atoms with Crippen LogP contribution >= 0.6 is 0 Å². The van der Waals surface area contributed by atoms with E-state index in [4.69, 9.17) is 8.83 Å². The minimum atomic E-state index is 0.384. The number of rotatable bonds is 3. The first-order valence-electron chi connectivity index (χ1n) is 7.86. The van der Waals surface area contributed by atoms with Crippen molar-refractivity contribution in [3.8, 4) is 0 Å². The molecule has 0 bridgehead atoms. The fourth-order valence-electron chi connectivity index (χ4n) is 2.72. The van der Waals surface area contributed by atoms with E-state index in [2.05, 4.69) is 16.0 Å². The SMILES string of the molecule is [c]1ccccc1N(c1nc2ccccc2o1)c1nc2ccccc2o1. The first kappa shape index (κ1) is 13.8. The van der Waals surface area contributed by atoms with E-state index in [1.165, 1.54) is 0 Å². The van der Waals surface area contributed by atoms with Gasteiger partial charge in [-0.15, -0.1) is 0 Å². The van der Waals surface area contributed by atoms with E-state index >= 15 is 0 Å². The molecule has 1 radical (unpaired) electrons. The average molecular weight is 326 g/mol. The normalized spacial score (nSPS) is 11.2. The maximum atomic E-state index is 5.93. The Morgan fingerprint density at radius 1 is 0.680 bits per heavy atom. The molecule has 0 aliphatic heterocycles. The van der Waals surface area contributed by atoms with Crippen LogP contribution in [0.3, 0.4) is 0 Å². The largest absolute Gasteiger partial charge is 0.423 e. The Labute approximate surface area is 143 Å². The molecule has 0 saturated carbocycles. The van der Waals surface area contributed by atoms with Gasteiger partial charge in [0.2, 0.25) is 0 Å². The molecule has 0 saturated heterocycles. The molecule has 2 heterocycles. The number of hydrogen-bond acceptors (Lipinski definition) is 5. The van der Waals surface area contributed by atoms with E-state index in [1.807, 2.05) is 72.8 Å². The lowest BCUT2D eigenvalue weighted by Gasteiger charge is -2.15. The van der Waals surface area contributed by atoms with Gasteiger partial charge in [0.05, 0.1) is 5.69 Å². The summed E-state index contributed by atoms with van der Waals surface area (Å²) in [7, 11) is 0. The molecule has 0 fully saturated rings. The minimum absolute atomic E-state index is 0.384. The van der Waals surface area contributed by atoms with E-state index in [0.717, 1.165) is 16.7 Å². The smallest absolute Gasteiger partial charge is 0.311 e. The molecular formula is C20H12N3O2. The number of nitrogens with zero attached hydrogens (tertiary/aromatic N) is 3. The highest BCUT2D eigenvalue weighted by Crippen LogP contribution is 2.36. The van der Waals surface area contributed by atoms with Gasteiger partial charge in [-0.2, -0.15) is 9.97 Å². The van der Waals surface area contributed by atoms with E-state index in [0.29, 0.717) is 23.2 Å². The van der Waals surface area contributed by atoms with Crippen LogP contribution in [-0.4, -0.2) is 9.97 Å². The molecule has 0 aliphatic carbocycles. The zero-order valence-electron chi connectivity index (χ0n) is 13.1. The van der Waals surface area contributed by atoms with Crippen LogP contribution in [0.1, 0.15) is 0 Å². The van der Waals surface area contributed by atoms with E-state index in [9.17, 15) is 0 Å². The molecule has 119 valence electrons. The van der Waals surface area contributed by atoms with Crippen LogP contribution in [0, 0.1) is 6.07 Å². The van der Waals surface area contributed by atoms with Crippen molar-refractivity contribution < 1.29 is 8.83 Å². The van der Waals surface area contributed by atoms with Crippen molar-refractivity contribution in [1.82, 2.24) is 9.97 Å². The van der Waals surface area contributed by atoms with Crippen LogP contribution < -0.4 is 4.90 Å². The van der Waals surface area contributed by atoms with Crippen molar-refractivity contribution in [3.05, 3.63) is 78.9 Å². The summed E-state index contributed by atoms with van der Waals surface area (Å²) in [5, 5.41) is 0. The maximum absolute atomic E-state index is 5.93. The lowest BCUT2D eigenvalue weighted by molar-refractivity contribution is 0.566. The summed E-state index contributed by atoms with van der Waals surface area (Å²) in [6.07, 6.45) is 0. The fraction of sp³-hybridized carbons (Fsp3) is 0. The first-order chi connectivity index (χ1) is 12.4. The number of anilines is 3. The van der Waals surface area contributed by atoms with Crippen LogP contribution in [0.15, 0.2) is 81.6 Å². The van der Waals surface area contributed by atoms with Crippen LogP contribution in [0.4, 0.5) is 17.7 Å². The quantitative estimate of drug-likeness (QED) is 0.454. The highest BCUT2D eigenvalue weighted by Gasteiger charge is 2.23. The average Bonchev–Trinajstić information content (AvgIpc) is 3.26. The van der Waals surface area contributed by atoms with Gasteiger partial charge < -0.3 is 8.83 Å². The molecule has 5 aromatic rings. The predicted octanol–water partition coefficient (Wildman–Crippen LogP) is 5.24. The van der Waals surface area contributed by atoms with E-state index < -0.39 is 0 Å². The van der Waals surface area contributed by atoms with Crippen molar-refractivity contribution in [3.63, 3.8) is 0 Å². The van der Waals surface area contributed by atoms with Crippen LogP contribution in [0.5, 0.6) is 0 Å². The van der Waals surface area contributed by atoms with Crippen molar-refractivity contribution in [2.45, 2.75) is 0 Å². The number of aromatic nitrogens is 2. The second kappa shape index (κ2) is 5.49. The summed E-state index contributed by atoms with van der Waals surface area (Å²) in [6.45, 7) is 0. The Morgan fingerprint density at radius 2 is 1.24 bits per heavy atom. The molecule has 0 spiro atoms. The molecule has 0 amide bonds. The van der Waals surface area contributed by atoms with Crippen molar-refractivity contribution in [1.29, 1.82) is 0 Å². The number of fused-ring (bicyclic) bond motifs is 2. The molecule has 2 aromatic heterocycles. The van der Waals surface area contributed by atoms with Gasteiger partial charge in [0.15, 0.2) is 11.2 Å². The van der Waals surface area contributed by atoms with Gasteiger partial charge in [-0.05, 0) is 30.3 Å². The fourth-order valence-corrected chi connectivity index (χ4v) is 2.72. The molecular weight excluding hydrogens is 314 g/mol. The molecule has 0 N–H and O–H groups in total. The van der Waals surface area contributed by atoms with E-state index in [1.54, 1.807) is 4.90 Å². The standard InChI is InChI=1S/C20H12N3O2/c1-2-8-14(9-3-1)23(19-21-15-10-4-6-12-17(15)24-19)20-22-16-11-5-7-13-18(16)25-20/h1-8,10-13H. The van der Waals surface area contributed by atoms with Gasteiger partial charge in [0.25, 0.3) is 0 Å². The first-order valence-corrected chi connectivity index (χ1v) is 7.86. The third-order valence-corrected chi connectivity index (χ3v) is 3.88. The Kier molecular flexibility index (Phi) is 3.03. The zero-order valence-corrected chi connectivity index (χ0v) is 13.1. The summed E-state index contributed by atoms with van der Waals surface area (Å²) in [4.78, 5) is 10.9. The Balaban J connectivity index is 1.73. The second-order valence-electron chi connectivity index (χ2n) is 5.51. The molecule has 5 rings (SSSR count). The summed E-state index contributed by atoms with van der Waals surface area (Å²) in [5.74, 6) is 0. The number of benzene rings is 3. The summed E-state index contributed by atoms with van der Waals surface area (Å²) < 4.78 is 11.9. The molecule has 5 heteroatoms. The maximum Gasteiger partial charge on any atom is 0.311 e. The van der Waals surface area contributed by atoms with Gasteiger partial charge in [-0.25, -0.2) is 4.90 Å². The Bertz CT molecular complexity index is 1020. The highest BCUT2D eigenvalue weighted by atomic mass is 16.4. The third-order valence-electron chi connectivity index (χ3n) is 3.88. The van der Waals surface area contributed by atoms with Crippen LogP contribution in [0.2, 0.25) is 0 Å². The monoisotopic (exact) mass is 326 g/mol. The van der Waals surface area contributed by atoms with Crippen molar-refractivity contribution in [2.75, 3.05) is 4.90 Å². The van der Waals surface area contributed by atoms with Gasteiger partial charge in [0, 0.05) is 6.07 Å². The summed E-state index contributed by atoms with van der Waals surface area (Å²) in [5.41, 5.74) is 3.69. The van der Waals surface area contributed by atoms with Crippen molar-refractivity contribution >= 4 is 39.9 Å². The van der Waals surface area contributed by atoms with Crippen LogP contribution in [0.25, 0.3) is 22.2 Å². The Hall–Kier alpha value is -3.60. The number of hydrogen-bond donors (Lipinski definition) is 0. The summed E-state index contributed by atoms with van der Waals surface area (Å²) in [6, 6.07) is 26.7. The number of oxazole rings is 2. The molecule has 0 aliphatic rings. The molecule has 25 heavy (non-hydrogen) atoms. The molecule has 0 unspecified atom stereocenters. The van der Waals surface area contributed by atoms with Crippen molar-refractivity contribution in [2.24, 2.45) is 0 Å². The molecule has 0 atom stereocenters. The minimum Gasteiger partial charge on any atom is -0.423 e. The lowest BCUT2D eigenvalue weighted by Crippen LogP contribution is -2.10. The van der Waals surface area contributed by atoms with Gasteiger partial charge in [-0.3, -0.25) is 0 Å². The van der Waals surface area contributed by atoms with Gasteiger partial charge in [0.1, 0.15) is 11.0 Å². The predicted molar refractivity (Wildman–Crippen MR) is 95.1 cm³/mol. The molecule has 3 aromatic carbocycles. The lowest BCUT2D eigenvalue weighted by atomic mass is 10.3. The number of para-hydroxylation sites is 5. The topological polar surface area (TPSA) is 55.3 Å². The van der Waals surface area contributed by atoms with Crippen LogP contribution in [-0.2, 0) is 0 Å². The molecule has 5 nitrogen and oxygen atoms in total. The highest BCUT2D eigenvalue weighted by molar-refractivity contribution is 5.80. The zero-order chi connectivity index (χ0) is 16.6. The van der Waals surface area contributed by atoms with E-state index in [-0.39, 0.29) is 0 Å². The van der Waals surface area contributed by atoms with Gasteiger partial charge >= 0.3 is 12.0 Å². The third kappa shape index (κ3) is 2.33. The summed E-state index contributed by atoms with van der Waals surface area (Å²) >= 11 is 0.